The van der Waals surface area contributed by atoms with Crippen LogP contribution < -0.4 is 9.80 Å². The number of fused-ring (bicyclic) bond motifs is 13. The van der Waals surface area contributed by atoms with Gasteiger partial charge in [0.15, 0.2) is 0 Å². The molecule has 0 bridgehead atoms. The Hall–Kier alpha value is -7.94. The lowest BCUT2D eigenvalue weighted by Crippen LogP contribution is -2.40. The molecule has 2 spiro atoms. The van der Waals surface area contributed by atoms with Crippen molar-refractivity contribution >= 4 is 60.8 Å². The van der Waals surface area contributed by atoms with Gasteiger partial charge >= 0.3 is 0 Å². The Kier molecular flexibility index (Phi) is 10.2. The Morgan fingerprint density at radius 2 is 0.716 bits per heavy atom. The van der Waals surface area contributed by atoms with Crippen molar-refractivity contribution in [2.24, 2.45) is 0 Å². The van der Waals surface area contributed by atoms with Crippen molar-refractivity contribution in [1.82, 2.24) is 0 Å². The molecule has 2 heterocycles. The summed E-state index contributed by atoms with van der Waals surface area (Å²) >= 11 is 0. The normalized spacial score (nSPS) is 17.4. The quantitative estimate of drug-likeness (QED) is 0.159. The topological polar surface area (TPSA) is 6.48 Å². The third-order valence-corrected chi connectivity index (χ3v) is 18.3. The van der Waals surface area contributed by atoms with Crippen LogP contribution in [-0.4, -0.2) is 0 Å². The molecule has 10 aromatic rings. The fraction of sp³-hybridized carbons (Fsp3) is 0.194. The second-order valence-electron chi connectivity index (χ2n) is 22.1. The molecule has 0 unspecified atom stereocenters. The minimum absolute atomic E-state index is 0.0720. The minimum atomic E-state index is 0.0720. The van der Waals surface area contributed by atoms with Crippen LogP contribution in [0.1, 0.15) is 93.7 Å². The molecule has 2 fully saturated rings. The van der Waals surface area contributed by atoms with Gasteiger partial charge in [0.05, 0.1) is 11.4 Å². The summed E-state index contributed by atoms with van der Waals surface area (Å²) in [6.45, 7) is 0. The zero-order chi connectivity index (χ0) is 48.8. The standard InChI is InChI=1S/C72H60N2/c1-15-41-71(42-16-1)63-23-7-11-27-67(63)73(68-28-12-8-24-64(68)71)55-36-31-49(32-37-55)52-45-53(47-54(46-52)51-35-40-61-59-21-4-3-19-57(59)58-20-5-6-22-60(58)62(61)48-51)50-33-38-56(39-34-50)74-69-29-13-9-25-65(69)72(43-17-2-18-44-72)66-26-10-14-30-70(66)74/h3-13,19-29,31-40,45-48H,1-2,14-18,30,41-44H2. The average Bonchev–Trinajstić information content (AvgIpc) is 3.49. The van der Waals surface area contributed by atoms with E-state index in [9.17, 15) is 0 Å². The van der Waals surface area contributed by atoms with Crippen LogP contribution in [0.4, 0.5) is 28.4 Å². The van der Waals surface area contributed by atoms with Crippen molar-refractivity contribution in [2.45, 2.75) is 87.9 Å². The molecule has 2 nitrogen and oxygen atoms in total. The van der Waals surface area contributed by atoms with Gasteiger partial charge in [0, 0.05) is 33.6 Å². The van der Waals surface area contributed by atoms with Crippen LogP contribution in [0.3, 0.4) is 0 Å². The van der Waals surface area contributed by atoms with E-state index < -0.39 is 0 Å². The number of allylic oxidation sites excluding steroid dienone is 4. The maximum absolute atomic E-state index is 2.61. The van der Waals surface area contributed by atoms with Crippen molar-refractivity contribution in [2.75, 3.05) is 9.80 Å². The summed E-state index contributed by atoms with van der Waals surface area (Å²) in [5.41, 5.74) is 21.4. The molecule has 0 aromatic heterocycles. The van der Waals surface area contributed by atoms with Gasteiger partial charge in [0.25, 0.3) is 0 Å². The third kappa shape index (κ3) is 6.70. The van der Waals surface area contributed by atoms with Crippen LogP contribution in [0.25, 0.3) is 65.7 Å². The summed E-state index contributed by atoms with van der Waals surface area (Å²) in [5.74, 6) is 0. The first kappa shape index (κ1) is 43.6. The monoisotopic (exact) mass is 952 g/mol. The molecule has 15 rings (SSSR count). The average molecular weight is 953 g/mol. The largest absolute Gasteiger partial charge is 0.314 e. The Bertz CT molecular complexity index is 3830. The molecule has 2 heteroatoms. The molecular formula is C72H60N2. The van der Waals surface area contributed by atoms with E-state index in [2.05, 4.69) is 228 Å². The molecule has 0 radical (unpaired) electrons. The van der Waals surface area contributed by atoms with Crippen molar-refractivity contribution in [3.63, 3.8) is 0 Å². The van der Waals surface area contributed by atoms with Crippen molar-refractivity contribution in [3.8, 4) is 33.4 Å². The summed E-state index contributed by atoms with van der Waals surface area (Å²) in [6, 6.07) is 79.0. The highest BCUT2D eigenvalue weighted by atomic mass is 15.2. The fourth-order valence-corrected chi connectivity index (χ4v) is 14.9. The van der Waals surface area contributed by atoms with E-state index in [0.717, 1.165) is 12.8 Å². The van der Waals surface area contributed by atoms with Gasteiger partial charge in [0.2, 0.25) is 0 Å². The molecule has 2 saturated carbocycles. The van der Waals surface area contributed by atoms with Crippen molar-refractivity contribution < 1.29 is 0 Å². The van der Waals surface area contributed by atoms with E-state index in [4.69, 9.17) is 0 Å². The lowest BCUT2D eigenvalue weighted by atomic mass is 9.61. The van der Waals surface area contributed by atoms with E-state index in [1.807, 2.05) is 0 Å². The summed E-state index contributed by atoms with van der Waals surface area (Å²) in [7, 11) is 0. The number of hydrogen-bond donors (Lipinski definition) is 0. The first-order valence-corrected chi connectivity index (χ1v) is 27.6. The van der Waals surface area contributed by atoms with Crippen LogP contribution in [0.2, 0.25) is 0 Å². The van der Waals surface area contributed by atoms with Crippen LogP contribution in [0.5, 0.6) is 0 Å². The fourth-order valence-electron chi connectivity index (χ4n) is 14.9. The summed E-state index contributed by atoms with van der Waals surface area (Å²) in [6.07, 6.45) is 19.8. The molecule has 5 aliphatic rings. The highest BCUT2D eigenvalue weighted by Gasteiger charge is 2.46. The van der Waals surface area contributed by atoms with Gasteiger partial charge in [-0.05, 0) is 193 Å². The highest BCUT2D eigenvalue weighted by molar-refractivity contribution is 6.25. The molecule has 3 aliphatic carbocycles. The van der Waals surface area contributed by atoms with Crippen LogP contribution in [0, 0.1) is 0 Å². The van der Waals surface area contributed by atoms with Gasteiger partial charge in [-0.15, -0.1) is 0 Å². The molecule has 0 saturated heterocycles. The maximum Gasteiger partial charge on any atom is 0.0502 e. The first-order chi connectivity index (χ1) is 36.6. The predicted molar refractivity (Wildman–Crippen MR) is 313 cm³/mol. The lowest BCUT2D eigenvalue weighted by Gasteiger charge is -2.49. The van der Waals surface area contributed by atoms with Gasteiger partial charge in [-0.2, -0.15) is 0 Å². The Balaban J connectivity index is 0.860. The number of para-hydroxylation sites is 3. The van der Waals surface area contributed by atoms with E-state index >= 15 is 0 Å². The van der Waals surface area contributed by atoms with Crippen LogP contribution in [0.15, 0.2) is 230 Å². The number of rotatable bonds is 5. The predicted octanol–water partition coefficient (Wildman–Crippen LogP) is 20.1. The number of hydrogen-bond acceptors (Lipinski definition) is 2. The van der Waals surface area contributed by atoms with Crippen LogP contribution >= 0.6 is 0 Å². The molecular weight excluding hydrogens is 893 g/mol. The third-order valence-electron chi connectivity index (χ3n) is 18.3. The van der Waals surface area contributed by atoms with E-state index in [0.29, 0.717) is 0 Å². The summed E-state index contributed by atoms with van der Waals surface area (Å²) in [5, 5.41) is 7.78. The van der Waals surface area contributed by atoms with Crippen LogP contribution in [-0.2, 0) is 10.8 Å². The Labute approximate surface area is 435 Å². The highest BCUT2D eigenvalue weighted by Crippen LogP contribution is 2.59. The molecule has 10 aromatic carbocycles. The van der Waals surface area contributed by atoms with Gasteiger partial charge in [-0.1, -0.05) is 190 Å². The minimum Gasteiger partial charge on any atom is -0.314 e. The van der Waals surface area contributed by atoms with Gasteiger partial charge in [0.1, 0.15) is 0 Å². The zero-order valence-electron chi connectivity index (χ0n) is 42.2. The van der Waals surface area contributed by atoms with E-state index in [1.54, 1.807) is 5.57 Å². The molecule has 74 heavy (non-hydrogen) atoms. The maximum atomic E-state index is 2.61. The Morgan fingerprint density at radius 1 is 0.311 bits per heavy atom. The zero-order valence-corrected chi connectivity index (χ0v) is 42.2. The molecule has 358 valence electrons. The number of nitrogens with zero attached hydrogens (tertiary/aromatic N) is 2. The SMILES string of the molecule is C1=CC2=C(CC1)N(c1ccc(-c3cc(-c4ccc(N5c6ccccc6C6(CCCCC6)c6ccccc65)cc4)cc(-c4ccc5c6ccccc6c6ccccc6c5c4)c3)cc1)c1ccccc1C21CCCCC1. The number of anilines is 5. The summed E-state index contributed by atoms with van der Waals surface area (Å²) < 4.78 is 0. The molecule has 0 atom stereocenters. The van der Waals surface area contributed by atoms with Crippen molar-refractivity contribution in [1.29, 1.82) is 0 Å². The second kappa shape index (κ2) is 17.3. The summed E-state index contributed by atoms with van der Waals surface area (Å²) in [4.78, 5) is 5.14. The van der Waals surface area contributed by atoms with Gasteiger partial charge < -0.3 is 9.80 Å². The molecule has 0 N–H and O–H groups in total. The smallest absolute Gasteiger partial charge is 0.0502 e. The van der Waals surface area contributed by atoms with E-state index in [1.165, 1.54) is 181 Å². The second-order valence-corrected chi connectivity index (χ2v) is 22.1. The molecule has 0 amide bonds. The lowest BCUT2D eigenvalue weighted by molar-refractivity contribution is 0.338. The first-order valence-electron chi connectivity index (χ1n) is 27.6. The number of benzene rings is 10. The van der Waals surface area contributed by atoms with Gasteiger partial charge in [-0.25, -0.2) is 0 Å². The molecule has 2 aliphatic heterocycles. The van der Waals surface area contributed by atoms with Crippen molar-refractivity contribution in [3.05, 3.63) is 246 Å². The van der Waals surface area contributed by atoms with Gasteiger partial charge in [-0.3, -0.25) is 0 Å². The Morgan fingerprint density at radius 3 is 1.26 bits per heavy atom. The van der Waals surface area contributed by atoms with E-state index in [-0.39, 0.29) is 10.8 Å².